The lowest BCUT2D eigenvalue weighted by atomic mass is 10.1. The Labute approximate surface area is 139 Å². The van der Waals surface area contributed by atoms with Crippen LogP contribution in [0.5, 0.6) is 17.2 Å². The highest BCUT2D eigenvalue weighted by molar-refractivity contribution is 5.97. The van der Waals surface area contributed by atoms with E-state index < -0.39 is 0 Å². The zero-order valence-corrected chi connectivity index (χ0v) is 13.3. The van der Waals surface area contributed by atoms with Crippen LogP contribution in [0.25, 0.3) is 0 Å². The summed E-state index contributed by atoms with van der Waals surface area (Å²) >= 11 is 0. The van der Waals surface area contributed by atoms with E-state index >= 15 is 0 Å². The van der Waals surface area contributed by atoms with E-state index in [1.807, 2.05) is 0 Å². The number of hydrogen-bond acceptors (Lipinski definition) is 4. The van der Waals surface area contributed by atoms with E-state index in [0.717, 1.165) is 12.0 Å². The van der Waals surface area contributed by atoms with E-state index in [0.29, 0.717) is 36.0 Å². The molecule has 0 unspecified atom stereocenters. The standard InChI is InChI=1S/C18H18FNO4/c1-22-15-10-17-16(23-7-2-8-24-17)9-14(15)18(21)20-11-12-3-5-13(19)6-4-12/h3-6,9-10H,2,7-8,11H2,1H3,(H,20,21). The maximum Gasteiger partial charge on any atom is 0.255 e. The molecule has 1 N–H and O–H groups in total. The zero-order valence-electron chi connectivity index (χ0n) is 13.3. The normalized spacial score (nSPS) is 13.1. The largest absolute Gasteiger partial charge is 0.496 e. The van der Waals surface area contributed by atoms with Crippen molar-refractivity contribution in [1.29, 1.82) is 0 Å². The second-order valence-corrected chi connectivity index (χ2v) is 5.36. The minimum Gasteiger partial charge on any atom is -0.496 e. The van der Waals surface area contributed by atoms with E-state index in [-0.39, 0.29) is 18.3 Å². The fourth-order valence-electron chi connectivity index (χ4n) is 2.42. The van der Waals surface area contributed by atoms with Gasteiger partial charge >= 0.3 is 0 Å². The average molecular weight is 331 g/mol. The molecule has 0 radical (unpaired) electrons. The van der Waals surface area contributed by atoms with Gasteiger partial charge < -0.3 is 19.5 Å². The first kappa shape index (κ1) is 16.1. The Bertz CT molecular complexity index is 731. The molecule has 2 aromatic carbocycles. The van der Waals surface area contributed by atoms with Crippen LogP contribution in [-0.4, -0.2) is 26.2 Å². The molecule has 2 aromatic rings. The predicted octanol–water partition coefficient (Wildman–Crippen LogP) is 2.93. The summed E-state index contributed by atoms with van der Waals surface area (Å²) in [6, 6.07) is 9.25. The molecule has 0 aliphatic carbocycles. The number of benzene rings is 2. The van der Waals surface area contributed by atoms with Crippen LogP contribution in [0.1, 0.15) is 22.3 Å². The van der Waals surface area contributed by atoms with Crippen LogP contribution in [0.4, 0.5) is 4.39 Å². The fourth-order valence-corrected chi connectivity index (χ4v) is 2.42. The number of methoxy groups -OCH3 is 1. The number of carbonyl (C=O) groups is 1. The van der Waals surface area contributed by atoms with Gasteiger partial charge in [-0.15, -0.1) is 0 Å². The molecule has 126 valence electrons. The Hall–Kier alpha value is -2.76. The summed E-state index contributed by atoms with van der Waals surface area (Å²) in [6.07, 6.45) is 0.781. The van der Waals surface area contributed by atoms with Crippen LogP contribution in [0.2, 0.25) is 0 Å². The summed E-state index contributed by atoms with van der Waals surface area (Å²) in [5.74, 6) is 0.900. The molecule has 0 atom stereocenters. The fraction of sp³-hybridized carbons (Fsp3) is 0.278. The molecule has 0 aromatic heterocycles. The molecule has 6 heteroatoms. The molecule has 5 nitrogen and oxygen atoms in total. The first-order chi connectivity index (χ1) is 11.7. The first-order valence-corrected chi connectivity index (χ1v) is 7.67. The lowest BCUT2D eigenvalue weighted by molar-refractivity contribution is 0.0947. The quantitative estimate of drug-likeness (QED) is 0.936. The number of fused-ring (bicyclic) bond motifs is 1. The number of hydrogen-bond donors (Lipinski definition) is 1. The van der Waals surface area contributed by atoms with Gasteiger partial charge in [0, 0.05) is 25.1 Å². The minimum atomic E-state index is -0.311. The van der Waals surface area contributed by atoms with E-state index in [2.05, 4.69) is 5.32 Å². The van der Waals surface area contributed by atoms with Gasteiger partial charge in [0.15, 0.2) is 11.5 Å². The summed E-state index contributed by atoms with van der Waals surface area (Å²) in [6.45, 7) is 1.39. The van der Waals surface area contributed by atoms with E-state index in [9.17, 15) is 9.18 Å². The summed E-state index contributed by atoms with van der Waals surface area (Å²) in [5, 5.41) is 2.79. The maximum atomic E-state index is 12.9. The first-order valence-electron chi connectivity index (χ1n) is 7.67. The van der Waals surface area contributed by atoms with Crippen molar-refractivity contribution in [1.82, 2.24) is 5.32 Å². The number of carbonyl (C=O) groups excluding carboxylic acids is 1. The molecular weight excluding hydrogens is 313 g/mol. The molecule has 0 saturated heterocycles. The molecule has 1 amide bonds. The van der Waals surface area contributed by atoms with Gasteiger partial charge in [0.05, 0.1) is 25.9 Å². The molecule has 1 heterocycles. The van der Waals surface area contributed by atoms with Crippen LogP contribution in [-0.2, 0) is 6.54 Å². The van der Waals surface area contributed by atoms with Crippen molar-refractivity contribution >= 4 is 5.91 Å². The molecule has 0 bridgehead atoms. The second-order valence-electron chi connectivity index (χ2n) is 5.36. The lowest BCUT2D eigenvalue weighted by Crippen LogP contribution is -2.23. The SMILES string of the molecule is COc1cc2c(cc1C(=O)NCc1ccc(F)cc1)OCCCO2. The summed E-state index contributed by atoms with van der Waals surface area (Å²) < 4.78 is 29.4. The van der Waals surface area contributed by atoms with Crippen LogP contribution in [0.15, 0.2) is 36.4 Å². The second kappa shape index (κ2) is 7.21. The van der Waals surface area contributed by atoms with Crippen molar-refractivity contribution in [2.24, 2.45) is 0 Å². The Morgan fingerprint density at radius 2 is 1.83 bits per heavy atom. The van der Waals surface area contributed by atoms with Crippen molar-refractivity contribution in [3.63, 3.8) is 0 Å². The maximum absolute atomic E-state index is 12.9. The number of nitrogens with one attached hydrogen (secondary N) is 1. The van der Waals surface area contributed by atoms with Gasteiger partial charge in [0.2, 0.25) is 0 Å². The molecular formula is C18H18FNO4. The lowest BCUT2D eigenvalue weighted by Gasteiger charge is -2.14. The molecule has 0 spiro atoms. The van der Waals surface area contributed by atoms with E-state index in [1.165, 1.54) is 19.2 Å². The number of ether oxygens (including phenoxy) is 3. The third kappa shape index (κ3) is 3.59. The van der Waals surface area contributed by atoms with Gasteiger partial charge in [-0.25, -0.2) is 4.39 Å². The summed E-state index contributed by atoms with van der Waals surface area (Å²) in [4.78, 5) is 12.5. The van der Waals surface area contributed by atoms with Crippen molar-refractivity contribution < 1.29 is 23.4 Å². The van der Waals surface area contributed by atoms with Crippen LogP contribution in [0, 0.1) is 5.82 Å². The zero-order chi connectivity index (χ0) is 16.9. The van der Waals surface area contributed by atoms with Crippen LogP contribution >= 0.6 is 0 Å². The van der Waals surface area contributed by atoms with Crippen LogP contribution < -0.4 is 19.5 Å². The van der Waals surface area contributed by atoms with E-state index in [1.54, 1.807) is 24.3 Å². The van der Waals surface area contributed by atoms with Gasteiger partial charge in [-0.2, -0.15) is 0 Å². The molecule has 1 aliphatic heterocycles. The third-order valence-corrected chi connectivity index (χ3v) is 3.68. The molecule has 3 rings (SSSR count). The van der Waals surface area contributed by atoms with Gasteiger partial charge in [-0.1, -0.05) is 12.1 Å². The number of halogens is 1. The van der Waals surface area contributed by atoms with Crippen molar-refractivity contribution in [3.8, 4) is 17.2 Å². The van der Waals surface area contributed by atoms with Gasteiger partial charge in [0.1, 0.15) is 11.6 Å². The number of amides is 1. The monoisotopic (exact) mass is 331 g/mol. The highest BCUT2D eigenvalue weighted by atomic mass is 19.1. The summed E-state index contributed by atoms with van der Waals surface area (Å²) in [7, 11) is 1.50. The number of rotatable bonds is 4. The smallest absolute Gasteiger partial charge is 0.255 e. The molecule has 0 fully saturated rings. The Kier molecular flexibility index (Phi) is 4.84. The highest BCUT2D eigenvalue weighted by Crippen LogP contribution is 2.36. The Balaban J connectivity index is 1.78. The molecule has 1 aliphatic rings. The van der Waals surface area contributed by atoms with Gasteiger partial charge in [-0.3, -0.25) is 4.79 Å². The Morgan fingerprint density at radius 3 is 2.50 bits per heavy atom. The predicted molar refractivity (Wildman–Crippen MR) is 86.2 cm³/mol. The topological polar surface area (TPSA) is 56.8 Å². The average Bonchev–Trinajstić information content (AvgIpc) is 2.84. The van der Waals surface area contributed by atoms with Crippen molar-refractivity contribution in [2.45, 2.75) is 13.0 Å². The van der Waals surface area contributed by atoms with Crippen LogP contribution in [0.3, 0.4) is 0 Å². The Morgan fingerprint density at radius 1 is 1.17 bits per heavy atom. The van der Waals surface area contributed by atoms with Gasteiger partial charge in [-0.05, 0) is 17.7 Å². The van der Waals surface area contributed by atoms with Crippen molar-refractivity contribution in [3.05, 3.63) is 53.3 Å². The summed E-state index contributed by atoms with van der Waals surface area (Å²) in [5.41, 5.74) is 1.17. The molecule has 24 heavy (non-hydrogen) atoms. The minimum absolute atomic E-state index is 0.288. The van der Waals surface area contributed by atoms with E-state index in [4.69, 9.17) is 14.2 Å². The van der Waals surface area contributed by atoms with Gasteiger partial charge in [0.25, 0.3) is 5.91 Å². The third-order valence-electron chi connectivity index (χ3n) is 3.68. The molecule has 0 saturated carbocycles. The highest BCUT2D eigenvalue weighted by Gasteiger charge is 2.19. The van der Waals surface area contributed by atoms with Crippen molar-refractivity contribution in [2.75, 3.05) is 20.3 Å².